The second kappa shape index (κ2) is 20.6. The molecule has 66 heavy (non-hydrogen) atoms. The van der Waals surface area contributed by atoms with E-state index in [-0.39, 0.29) is 41.5 Å². The van der Waals surface area contributed by atoms with Gasteiger partial charge in [-0.25, -0.2) is 0 Å². The first kappa shape index (κ1) is 45.1. The van der Waals surface area contributed by atoms with Crippen LogP contribution in [0.15, 0.2) is 133 Å². The van der Waals surface area contributed by atoms with E-state index >= 15 is 0 Å². The highest BCUT2D eigenvalue weighted by molar-refractivity contribution is 5.88. The van der Waals surface area contributed by atoms with Crippen LogP contribution in [-0.4, -0.2) is 63.2 Å². The maximum atomic E-state index is 11.5. The average molecular weight is 890 g/mol. The Morgan fingerprint density at radius 3 is 2.45 bits per heavy atom. The summed E-state index contributed by atoms with van der Waals surface area (Å²) in [5.74, 6) is 1.84. The molecule has 0 spiro atoms. The highest BCUT2D eigenvalue weighted by atomic mass is 16.5. The van der Waals surface area contributed by atoms with Gasteiger partial charge in [0.15, 0.2) is 11.5 Å². The number of phenolic OH excluding ortho intramolecular Hbond substituents is 3. The van der Waals surface area contributed by atoms with E-state index in [9.17, 15) is 20.4 Å². The van der Waals surface area contributed by atoms with Crippen molar-refractivity contribution in [1.82, 2.24) is 9.88 Å². The molecule has 6 aromatic rings. The second-order valence-electron chi connectivity index (χ2n) is 18.5. The zero-order valence-electron chi connectivity index (χ0n) is 37.7. The zero-order valence-corrected chi connectivity index (χ0v) is 37.7. The number of phenols is 3. The van der Waals surface area contributed by atoms with Gasteiger partial charge in [-0.15, -0.1) is 0 Å². The molecular formula is C56H63N3O7. The van der Waals surface area contributed by atoms with Crippen molar-refractivity contribution in [1.29, 1.82) is 0 Å². The lowest BCUT2D eigenvalue weighted by atomic mass is 9.68. The molecule has 0 saturated carbocycles. The van der Waals surface area contributed by atoms with Gasteiger partial charge < -0.3 is 50.3 Å². The zero-order chi connectivity index (χ0) is 45.5. The molecule has 4 heterocycles. The molecular weight excluding hydrogens is 827 g/mol. The summed E-state index contributed by atoms with van der Waals surface area (Å²) in [6.07, 6.45) is 16.9. The van der Waals surface area contributed by atoms with Gasteiger partial charge in [0.25, 0.3) is 0 Å². The van der Waals surface area contributed by atoms with Gasteiger partial charge in [-0.05, 0) is 133 Å². The summed E-state index contributed by atoms with van der Waals surface area (Å²) in [6.45, 7) is 1.94. The van der Waals surface area contributed by atoms with Gasteiger partial charge in [0.1, 0.15) is 23.9 Å². The van der Waals surface area contributed by atoms with Crippen molar-refractivity contribution < 1.29 is 34.6 Å². The van der Waals surface area contributed by atoms with Crippen LogP contribution in [0.5, 0.6) is 23.0 Å². The molecule has 7 N–H and O–H groups in total. The largest absolute Gasteiger partial charge is 0.508 e. The van der Waals surface area contributed by atoms with Gasteiger partial charge in [-0.1, -0.05) is 92.1 Å². The van der Waals surface area contributed by atoms with Gasteiger partial charge in [0.2, 0.25) is 0 Å². The van der Waals surface area contributed by atoms with Crippen LogP contribution in [0.3, 0.4) is 0 Å². The van der Waals surface area contributed by atoms with E-state index in [0.29, 0.717) is 51.3 Å². The van der Waals surface area contributed by atoms with Crippen molar-refractivity contribution in [2.75, 3.05) is 19.8 Å². The lowest BCUT2D eigenvalue weighted by molar-refractivity contribution is 0.0171. The van der Waals surface area contributed by atoms with E-state index in [1.807, 2.05) is 36.4 Å². The minimum Gasteiger partial charge on any atom is -0.508 e. The number of aryl methyl sites for hydroxylation is 2. The molecule has 1 aromatic heterocycles. The van der Waals surface area contributed by atoms with Crippen molar-refractivity contribution >= 4 is 16.6 Å². The van der Waals surface area contributed by atoms with E-state index in [0.717, 1.165) is 95.8 Å². The Kier molecular flexibility index (Phi) is 14.1. The van der Waals surface area contributed by atoms with Crippen LogP contribution in [0.1, 0.15) is 96.7 Å². The maximum absolute atomic E-state index is 11.5. The summed E-state index contributed by atoms with van der Waals surface area (Å²) in [5, 5.41) is 48.6. The number of nitrogens with zero attached hydrogens (tertiary/aromatic N) is 1. The third-order valence-electron chi connectivity index (χ3n) is 13.8. The first-order valence-corrected chi connectivity index (χ1v) is 23.7. The van der Waals surface area contributed by atoms with E-state index in [2.05, 4.69) is 76.9 Å². The predicted molar refractivity (Wildman–Crippen MR) is 260 cm³/mol. The summed E-state index contributed by atoms with van der Waals surface area (Å²) in [5.41, 5.74) is 14.7. The van der Waals surface area contributed by atoms with Crippen LogP contribution < -0.4 is 15.8 Å². The Morgan fingerprint density at radius 2 is 1.61 bits per heavy atom. The average Bonchev–Trinajstić information content (AvgIpc) is 3.77. The molecule has 9 rings (SSSR count). The molecule has 3 aliphatic rings. The number of hydrogen-bond acceptors (Lipinski definition) is 9. The van der Waals surface area contributed by atoms with Gasteiger partial charge in [-0.2, -0.15) is 0 Å². The highest BCUT2D eigenvalue weighted by Gasteiger charge is 2.37. The van der Waals surface area contributed by atoms with Crippen molar-refractivity contribution in [3.8, 4) is 23.0 Å². The number of nitrogens with two attached hydrogens (primary N) is 1. The SMILES string of the molecule is NC1C=CC2=C(N1)n1cc3cc(C4(c5ccccc5)CCOCC4)cc(c3c1)COc1cc(ccc1O)CCC(O)CC(CCCCCCc1ccc(O)c(Cc3cccc(O)c3)c1)OC2. The number of benzene rings is 5. The fraction of sp³-hybridized carbons (Fsp3) is 0.357. The summed E-state index contributed by atoms with van der Waals surface area (Å²) in [7, 11) is 0. The third kappa shape index (κ3) is 10.6. The Hall–Kier alpha value is -6.04. The first-order valence-electron chi connectivity index (χ1n) is 23.7. The number of aromatic hydroxyl groups is 3. The van der Waals surface area contributed by atoms with Crippen molar-refractivity contribution in [3.63, 3.8) is 0 Å². The lowest BCUT2D eigenvalue weighted by Gasteiger charge is -2.39. The van der Waals surface area contributed by atoms with Gasteiger partial charge in [0.05, 0.1) is 25.0 Å². The smallest absolute Gasteiger partial charge is 0.161 e. The van der Waals surface area contributed by atoms with Crippen molar-refractivity contribution in [2.24, 2.45) is 5.73 Å². The molecule has 344 valence electrons. The fourth-order valence-electron chi connectivity index (χ4n) is 10.1. The minimum absolute atomic E-state index is 0.0806. The van der Waals surface area contributed by atoms with E-state index < -0.39 is 6.10 Å². The molecule has 10 heteroatoms. The van der Waals surface area contributed by atoms with Gasteiger partial charge in [0, 0.05) is 53.8 Å². The predicted octanol–water partition coefficient (Wildman–Crippen LogP) is 9.91. The normalized spacial score (nSPS) is 20.0. The number of rotatable bonds is 11. The number of aliphatic hydroxyl groups is 1. The Balaban J connectivity index is 0.955. The highest BCUT2D eigenvalue weighted by Crippen LogP contribution is 2.44. The van der Waals surface area contributed by atoms with Crippen LogP contribution in [-0.2, 0) is 40.8 Å². The molecule has 1 fully saturated rings. The molecule has 0 amide bonds. The molecule has 5 aromatic carbocycles. The standard InChI is InChI=1S/C56H63N3O7/c57-54-22-18-41-36-65-49(14-7-2-1-4-9-38-16-20-51(62)42(27-38)28-40-10-8-13-47(60)29-40)33-48(61)19-15-39-17-21-52(63)53(30-39)66-37-44-32-46(31-43-34-59(35-50(43)44)55(41)58-54)56(23-25-64-26-24-56)45-11-5-3-6-12-45/h3,5-6,8,10-13,16-18,20-22,27,29-32,34-35,48-49,54,58,60-63H,1-2,4,7,9,14-15,19,23-26,28,33,36-37,57H2. The van der Waals surface area contributed by atoms with E-state index in [1.54, 1.807) is 24.3 Å². The number of dihydropyridines is 1. The monoisotopic (exact) mass is 889 g/mol. The van der Waals surface area contributed by atoms with Crippen LogP contribution in [0.4, 0.5) is 0 Å². The summed E-state index contributed by atoms with van der Waals surface area (Å²) in [6, 6.07) is 33.9. The summed E-state index contributed by atoms with van der Waals surface area (Å²) < 4.78 is 21.4. The minimum atomic E-state index is -0.581. The van der Waals surface area contributed by atoms with Crippen molar-refractivity contribution in [3.05, 3.63) is 172 Å². The molecule has 1 saturated heterocycles. The summed E-state index contributed by atoms with van der Waals surface area (Å²) >= 11 is 0. The second-order valence-corrected chi connectivity index (χ2v) is 18.5. The quantitative estimate of drug-likeness (QED) is 0.0699. The topological polar surface area (TPSA) is 152 Å². The first-order chi connectivity index (χ1) is 32.2. The third-order valence-corrected chi connectivity index (χ3v) is 13.8. The fourth-order valence-corrected chi connectivity index (χ4v) is 10.1. The van der Waals surface area contributed by atoms with Crippen LogP contribution in [0.25, 0.3) is 16.6 Å². The van der Waals surface area contributed by atoms with E-state index in [4.69, 9.17) is 19.9 Å². The Morgan fingerprint density at radius 1 is 0.773 bits per heavy atom. The molecule has 3 unspecified atom stereocenters. The van der Waals surface area contributed by atoms with Gasteiger partial charge in [-0.3, -0.25) is 0 Å². The van der Waals surface area contributed by atoms with Crippen LogP contribution in [0, 0.1) is 0 Å². The summed E-state index contributed by atoms with van der Waals surface area (Å²) in [4.78, 5) is 0. The molecule has 0 aliphatic carbocycles. The molecule has 4 bridgehead atoms. The number of hydrogen-bond donors (Lipinski definition) is 6. The molecule has 10 nitrogen and oxygen atoms in total. The van der Waals surface area contributed by atoms with Crippen molar-refractivity contribution in [2.45, 2.75) is 107 Å². The number of aromatic nitrogens is 1. The maximum Gasteiger partial charge on any atom is 0.161 e. The molecule has 0 radical (unpaired) electrons. The Labute approximate surface area is 388 Å². The number of fused-ring (bicyclic) bond motifs is 4. The number of ether oxygens (including phenoxy) is 3. The number of unbranched alkanes of at least 4 members (excludes halogenated alkanes) is 3. The van der Waals surface area contributed by atoms with E-state index in [1.165, 1.54) is 16.7 Å². The van der Waals surface area contributed by atoms with Crippen LogP contribution >= 0.6 is 0 Å². The molecule has 3 atom stereocenters. The Bertz CT molecular complexity index is 2670. The lowest BCUT2D eigenvalue weighted by Crippen LogP contribution is -2.38. The number of aliphatic hydroxyl groups excluding tert-OH is 1. The molecule has 3 aliphatic heterocycles. The van der Waals surface area contributed by atoms with Crippen LogP contribution in [0.2, 0.25) is 0 Å². The number of nitrogens with one attached hydrogen (secondary N) is 1. The van der Waals surface area contributed by atoms with Gasteiger partial charge >= 0.3 is 0 Å².